The summed E-state index contributed by atoms with van der Waals surface area (Å²) in [6.07, 6.45) is 6.95. The first-order chi connectivity index (χ1) is 15.2. The van der Waals surface area contributed by atoms with Gasteiger partial charge in [-0.25, -0.2) is 0 Å². The van der Waals surface area contributed by atoms with Crippen LogP contribution >= 0.6 is 0 Å². The minimum atomic E-state index is -4.03. The van der Waals surface area contributed by atoms with Crippen molar-refractivity contribution in [2.24, 2.45) is 22.4 Å². The number of para-hydroxylation sites is 1. The van der Waals surface area contributed by atoms with E-state index >= 15 is 0 Å². The van der Waals surface area contributed by atoms with Crippen molar-refractivity contribution >= 4 is 21.9 Å². The maximum atomic E-state index is 13.1. The van der Waals surface area contributed by atoms with Gasteiger partial charge in [-0.2, -0.15) is 13.6 Å². The zero-order chi connectivity index (χ0) is 22.5. The molecule has 168 valence electrons. The quantitative estimate of drug-likeness (QED) is 0.723. The lowest BCUT2D eigenvalue weighted by Gasteiger charge is -2.50. The monoisotopic (exact) mass is 452 g/mol. The molecule has 4 atom stereocenters. The Kier molecular flexibility index (Phi) is 5.13. The third-order valence-corrected chi connectivity index (χ3v) is 8.19. The van der Waals surface area contributed by atoms with E-state index in [0.29, 0.717) is 17.8 Å². The number of rotatable bonds is 4. The van der Waals surface area contributed by atoms with Crippen LogP contribution in [0.25, 0.3) is 0 Å². The summed E-state index contributed by atoms with van der Waals surface area (Å²) < 4.78 is 27.4. The summed E-state index contributed by atoms with van der Waals surface area (Å²) in [6, 6.07) is 15.1. The zero-order valence-electron chi connectivity index (χ0n) is 18.1. The number of hydrogen-bond acceptors (Lipinski definition) is 4. The first-order valence-corrected chi connectivity index (χ1v) is 12.6. The molecule has 1 saturated carbocycles. The number of nitrogens with two attached hydrogens (primary N) is 1. The van der Waals surface area contributed by atoms with Gasteiger partial charge in [0.15, 0.2) is 0 Å². The van der Waals surface area contributed by atoms with Crippen LogP contribution in [0, 0.1) is 17.3 Å². The van der Waals surface area contributed by atoms with Crippen molar-refractivity contribution in [1.29, 1.82) is 0 Å². The fraction of sp³-hybridized carbons (Fsp3) is 0.400. The van der Waals surface area contributed by atoms with E-state index in [1.807, 2.05) is 42.5 Å². The van der Waals surface area contributed by atoms with Crippen molar-refractivity contribution in [2.75, 3.05) is 5.32 Å². The van der Waals surface area contributed by atoms with Crippen LogP contribution in [0.15, 0.2) is 60.2 Å². The number of benzene rings is 2. The van der Waals surface area contributed by atoms with E-state index in [0.717, 1.165) is 48.9 Å². The Hall–Kier alpha value is -2.64. The third-order valence-electron chi connectivity index (χ3n) is 7.77. The van der Waals surface area contributed by atoms with Crippen LogP contribution in [0.2, 0.25) is 0 Å². The SMILES string of the molecule is CC12CCC3c4ccc(OS(N)(=O)=O)cc4CCC3C1CC=C2C(=O)Nc1ccccc1. The first-order valence-electron chi connectivity index (χ1n) is 11.2. The highest BCUT2D eigenvalue weighted by molar-refractivity contribution is 7.84. The second-order valence-corrected chi connectivity index (χ2v) is 10.6. The molecule has 6 nitrogen and oxygen atoms in total. The van der Waals surface area contributed by atoms with Crippen LogP contribution in [0.3, 0.4) is 0 Å². The van der Waals surface area contributed by atoms with Gasteiger partial charge in [0.05, 0.1) is 0 Å². The number of aryl methyl sites for hydroxylation is 1. The molecule has 2 aromatic carbocycles. The summed E-state index contributed by atoms with van der Waals surface area (Å²) in [6.45, 7) is 2.26. The zero-order valence-corrected chi connectivity index (χ0v) is 18.9. The van der Waals surface area contributed by atoms with Crippen molar-refractivity contribution in [3.05, 3.63) is 71.3 Å². The Morgan fingerprint density at radius 3 is 2.69 bits per heavy atom. The number of amides is 1. The van der Waals surface area contributed by atoms with E-state index in [1.165, 1.54) is 5.56 Å². The van der Waals surface area contributed by atoms with Crippen molar-refractivity contribution in [3.63, 3.8) is 0 Å². The van der Waals surface area contributed by atoms with Gasteiger partial charge in [-0.1, -0.05) is 37.3 Å². The summed E-state index contributed by atoms with van der Waals surface area (Å²) in [5.41, 5.74) is 4.06. The predicted octanol–water partition coefficient (Wildman–Crippen LogP) is 4.30. The second-order valence-electron chi connectivity index (χ2n) is 9.48. The predicted molar refractivity (Wildman–Crippen MR) is 123 cm³/mol. The molecular weight excluding hydrogens is 424 g/mol. The van der Waals surface area contributed by atoms with E-state index in [-0.39, 0.29) is 17.1 Å². The fourth-order valence-corrected chi connectivity index (χ4v) is 6.76. The number of hydrogen-bond donors (Lipinski definition) is 2. The lowest BCUT2D eigenvalue weighted by Crippen LogP contribution is -2.43. The van der Waals surface area contributed by atoms with Crippen molar-refractivity contribution in [2.45, 2.75) is 44.9 Å². The smallest absolute Gasteiger partial charge is 0.371 e. The van der Waals surface area contributed by atoms with Crippen LogP contribution in [0.5, 0.6) is 5.75 Å². The topological polar surface area (TPSA) is 98.5 Å². The maximum Gasteiger partial charge on any atom is 0.380 e. The van der Waals surface area contributed by atoms with Crippen LogP contribution in [0.4, 0.5) is 5.69 Å². The Balaban J connectivity index is 1.36. The molecule has 5 rings (SSSR count). The maximum absolute atomic E-state index is 13.1. The van der Waals surface area contributed by atoms with Crippen LogP contribution < -0.4 is 14.6 Å². The molecule has 0 spiro atoms. The molecule has 1 fully saturated rings. The van der Waals surface area contributed by atoms with Gasteiger partial charge >= 0.3 is 10.3 Å². The van der Waals surface area contributed by atoms with Gasteiger partial charge in [0, 0.05) is 16.7 Å². The fourth-order valence-electron chi connectivity index (χ4n) is 6.38. The van der Waals surface area contributed by atoms with E-state index in [2.05, 4.69) is 18.3 Å². The molecule has 32 heavy (non-hydrogen) atoms. The summed E-state index contributed by atoms with van der Waals surface area (Å²) in [7, 11) is -4.03. The van der Waals surface area contributed by atoms with Crippen LogP contribution in [-0.4, -0.2) is 14.3 Å². The standard InChI is InChI=1S/C25H28N2O4S/c1-25-14-13-20-19-10-8-18(31-32(26,29)30)15-16(19)7-9-21(20)22(25)11-12-23(25)24(28)27-17-5-3-2-4-6-17/h2-6,8,10,12,15,20-22H,7,9,11,13-14H2,1H3,(H,27,28)(H2,26,29,30). The number of carbonyl (C=O) groups excluding carboxylic acids is 1. The molecule has 3 N–H and O–H groups in total. The number of anilines is 1. The molecular formula is C25H28N2O4S. The average Bonchev–Trinajstić information content (AvgIpc) is 3.10. The summed E-state index contributed by atoms with van der Waals surface area (Å²) in [5, 5.41) is 8.09. The minimum Gasteiger partial charge on any atom is -0.371 e. The Morgan fingerprint density at radius 1 is 1.16 bits per heavy atom. The van der Waals surface area contributed by atoms with Crippen LogP contribution in [-0.2, 0) is 21.5 Å². The van der Waals surface area contributed by atoms with E-state index in [4.69, 9.17) is 9.32 Å². The number of nitrogens with one attached hydrogen (secondary N) is 1. The molecule has 2 aromatic rings. The van der Waals surface area contributed by atoms with Crippen molar-refractivity contribution < 1.29 is 17.4 Å². The largest absolute Gasteiger partial charge is 0.380 e. The van der Waals surface area contributed by atoms with Gasteiger partial charge < -0.3 is 9.50 Å². The molecule has 4 unspecified atom stereocenters. The molecule has 0 saturated heterocycles. The molecule has 0 radical (unpaired) electrons. The number of allylic oxidation sites excluding steroid dienone is 1. The van der Waals surface area contributed by atoms with E-state index in [1.54, 1.807) is 6.07 Å². The number of fused-ring (bicyclic) bond motifs is 5. The summed E-state index contributed by atoms with van der Waals surface area (Å²) in [5.74, 6) is 1.65. The highest BCUT2D eigenvalue weighted by Crippen LogP contribution is 2.61. The molecule has 0 aliphatic heterocycles. The molecule has 3 aliphatic carbocycles. The molecule has 3 aliphatic rings. The van der Waals surface area contributed by atoms with Gasteiger partial charge in [-0.05, 0) is 85.3 Å². The normalized spacial score (nSPS) is 28.7. The second kappa shape index (κ2) is 7.74. The molecule has 0 heterocycles. The first kappa shape index (κ1) is 21.2. The lowest BCUT2D eigenvalue weighted by molar-refractivity contribution is -0.114. The third kappa shape index (κ3) is 3.73. The Bertz CT molecular complexity index is 1190. The minimum absolute atomic E-state index is 0.0145. The van der Waals surface area contributed by atoms with Gasteiger partial charge in [0.1, 0.15) is 5.75 Å². The van der Waals surface area contributed by atoms with E-state index in [9.17, 15) is 13.2 Å². The molecule has 0 bridgehead atoms. The summed E-state index contributed by atoms with van der Waals surface area (Å²) in [4.78, 5) is 13.1. The number of carbonyl (C=O) groups is 1. The highest BCUT2D eigenvalue weighted by atomic mass is 32.2. The molecule has 1 amide bonds. The van der Waals surface area contributed by atoms with Gasteiger partial charge in [0.2, 0.25) is 0 Å². The summed E-state index contributed by atoms with van der Waals surface area (Å²) >= 11 is 0. The van der Waals surface area contributed by atoms with Crippen molar-refractivity contribution in [3.8, 4) is 5.75 Å². The van der Waals surface area contributed by atoms with Crippen molar-refractivity contribution in [1.82, 2.24) is 0 Å². The van der Waals surface area contributed by atoms with Gasteiger partial charge in [-0.3, -0.25) is 4.79 Å². The Labute approximate surface area is 189 Å². The van der Waals surface area contributed by atoms with Gasteiger partial charge in [-0.15, -0.1) is 0 Å². The molecule has 7 heteroatoms. The Morgan fingerprint density at radius 2 is 1.94 bits per heavy atom. The highest BCUT2D eigenvalue weighted by Gasteiger charge is 2.53. The molecule has 0 aromatic heterocycles. The van der Waals surface area contributed by atoms with Crippen LogP contribution in [0.1, 0.15) is 49.7 Å². The van der Waals surface area contributed by atoms with Gasteiger partial charge in [0.25, 0.3) is 5.91 Å². The average molecular weight is 453 g/mol. The lowest BCUT2D eigenvalue weighted by atomic mass is 9.54. The van der Waals surface area contributed by atoms with E-state index < -0.39 is 10.3 Å².